The highest BCUT2D eigenvalue weighted by atomic mass is 14.9. The van der Waals surface area contributed by atoms with Crippen molar-refractivity contribution in [2.45, 2.75) is 27.2 Å². The van der Waals surface area contributed by atoms with Crippen molar-refractivity contribution in [3.05, 3.63) is 64.5 Å². The van der Waals surface area contributed by atoms with Crippen molar-refractivity contribution in [1.82, 2.24) is 9.97 Å². The van der Waals surface area contributed by atoms with E-state index in [9.17, 15) is 0 Å². The number of nitrogens with zero attached hydrogens (tertiary/aromatic N) is 1. The number of imidazole rings is 1. The maximum atomic E-state index is 4.66. The molecule has 0 radical (unpaired) electrons. The molecule has 3 rings (SSSR count). The van der Waals surface area contributed by atoms with E-state index < -0.39 is 0 Å². The third-order valence-corrected chi connectivity index (χ3v) is 3.55. The van der Waals surface area contributed by atoms with Crippen LogP contribution in [0, 0.1) is 20.8 Å². The highest BCUT2D eigenvalue weighted by molar-refractivity contribution is 5.75. The molecule has 19 heavy (non-hydrogen) atoms. The first-order valence-corrected chi connectivity index (χ1v) is 6.63. The van der Waals surface area contributed by atoms with Gasteiger partial charge in [-0.3, -0.25) is 0 Å². The van der Waals surface area contributed by atoms with Gasteiger partial charge in [0.05, 0.1) is 11.0 Å². The van der Waals surface area contributed by atoms with E-state index in [0.29, 0.717) is 0 Å². The van der Waals surface area contributed by atoms with Crippen LogP contribution in [-0.2, 0) is 6.42 Å². The summed E-state index contributed by atoms with van der Waals surface area (Å²) in [5, 5.41) is 0. The number of hydrogen-bond acceptors (Lipinski definition) is 1. The van der Waals surface area contributed by atoms with E-state index in [1.54, 1.807) is 0 Å². The SMILES string of the molecule is Cc1ccc(C)c(Cc2nc3ccc(C)cc3[nH]2)c1. The molecule has 0 spiro atoms. The lowest BCUT2D eigenvalue weighted by atomic mass is 10.0. The molecule has 0 aliphatic heterocycles. The van der Waals surface area contributed by atoms with Gasteiger partial charge >= 0.3 is 0 Å². The Morgan fingerprint density at radius 3 is 2.53 bits per heavy atom. The van der Waals surface area contributed by atoms with Crippen molar-refractivity contribution in [3.63, 3.8) is 0 Å². The number of nitrogens with one attached hydrogen (secondary N) is 1. The van der Waals surface area contributed by atoms with Gasteiger partial charge in [0, 0.05) is 6.42 Å². The molecule has 0 unspecified atom stereocenters. The molecule has 0 amide bonds. The molecule has 0 aliphatic rings. The Bertz CT molecular complexity index is 738. The highest BCUT2D eigenvalue weighted by Crippen LogP contribution is 2.18. The predicted octanol–water partition coefficient (Wildman–Crippen LogP) is 4.08. The number of aromatic nitrogens is 2. The van der Waals surface area contributed by atoms with Crippen LogP contribution in [0.3, 0.4) is 0 Å². The van der Waals surface area contributed by atoms with Gasteiger partial charge in [-0.2, -0.15) is 0 Å². The molecule has 0 aliphatic carbocycles. The van der Waals surface area contributed by atoms with Gasteiger partial charge in [0.25, 0.3) is 0 Å². The second-order valence-corrected chi connectivity index (χ2v) is 5.31. The fourth-order valence-electron chi connectivity index (χ4n) is 2.43. The lowest BCUT2D eigenvalue weighted by Crippen LogP contribution is -1.94. The highest BCUT2D eigenvalue weighted by Gasteiger charge is 2.06. The largest absolute Gasteiger partial charge is 0.342 e. The Hall–Kier alpha value is -2.09. The molecular weight excluding hydrogens is 232 g/mol. The molecule has 0 fully saturated rings. The summed E-state index contributed by atoms with van der Waals surface area (Å²) in [6.07, 6.45) is 0.862. The van der Waals surface area contributed by atoms with Crippen molar-refractivity contribution in [2.75, 3.05) is 0 Å². The number of H-pyrrole nitrogens is 1. The summed E-state index contributed by atoms with van der Waals surface area (Å²) >= 11 is 0. The summed E-state index contributed by atoms with van der Waals surface area (Å²) in [5.74, 6) is 1.04. The lowest BCUT2D eigenvalue weighted by molar-refractivity contribution is 1.02. The van der Waals surface area contributed by atoms with Crippen molar-refractivity contribution in [2.24, 2.45) is 0 Å². The molecule has 3 aromatic rings. The van der Waals surface area contributed by atoms with Gasteiger partial charge in [-0.25, -0.2) is 4.98 Å². The van der Waals surface area contributed by atoms with E-state index >= 15 is 0 Å². The molecule has 1 heterocycles. The van der Waals surface area contributed by atoms with Crippen LogP contribution in [-0.4, -0.2) is 9.97 Å². The molecule has 0 atom stereocenters. The maximum Gasteiger partial charge on any atom is 0.111 e. The van der Waals surface area contributed by atoms with Crippen LogP contribution in [0.15, 0.2) is 36.4 Å². The molecule has 1 N–H and O–H groups in total. The van der Waals surface area contributed by atoms with Crippen LogP contribution in [0.2, 0.25) is 0 Å². The van der Waals surface area contributed by atoms with Crippen molar-refractivity contribution in [3.8, 4) is 0 Å². The van der Waals surface area contributed by atoms with Gasteiger partial charge in [0.2, 0.25) is 0 Å². The van der Waals surface area contributed by atoms with Crippen LogP contribution < -0.4 is 0 Å². The molecule has 2 heteroatoms. The van der Waals surface area contributed by atoms with E-state index in [0.717, 1.165) is 23.3 Å². The average molecular weight is 250 g/mol. The molecular formula is C17H18N2. The number of rotatable bonds is 2. The topological polar surface area (TPSA) is 28.7 Å². The van der Waals surface area contributed by atoms with Gasteiger partial charge in [-0.15, -0.1) is 0 Å². The third kappa shape index (κ3) is 2.39. The van der Waals surface area contributed by atoms with E-state index in [-0.39, 0.29) is 0 Å². The maximum absolute atomic E-state index is 4.66. The number of benzene rings is 2. The molecule has 1 aromatic heterocycles. The third-order valence-electron chi connectivity index (χ3n) is 3.55. The van der Waals surface area contributed by atoms with Gasteiger partial charge in [0.1, 0.15) is 5.82 Å². The standard InChI is InChI=1S/C17H18N2/c1-11-4-6-13(3)14(8-11)10-17-18-15-7-5-12(2)9-16(15)19-17/h4-9H,10H2,1-3H3,(H,18,19). The predicted molar refractivity (Wildman–Crippen MR) is 79.6 cm³/mol. The normalized spacial score (nSPS) is 11.1. The number of aryl methyl sites for hydroxylation is 3. The average Bonchev–Trinajstić information content (AvgIpc) is 2.75. The Morgan fingerprint density at radius 2 is 1.68 bits per heavy atom. The van der Waals surface area contributed by atoms with Gasteiger partial charge in [-0.05, 0) is 49.6 Å². The molecule has 0 saturated heterocycles. The zero-order valence-corrected chi connectivity index (χ0v) is 11.6. The summed E-state index contributed by atoms with van der Waals surface area (Å²) in [6, 6.07) is 12.9. The Labute approximate surface area is 113 Å². The van der Waals surface area contributed by atoms with Crippen LogP contribution in [0.25, 0.3) is 11.0 Å². The first-order chi connectivity index (χ1) is 9.11. The first kappa shape index (κ1) is 12.0. The number of aromatic amines is 1. The van der Waals surface area contributed by atoms with Gasteiger partial charge < -0.3 is 4.98 Å². The lowest BCUT2D eigenvalue weighted by Gasteiger charge is -2.04. The molecule has 0 bridgehead atoms. The summed E-state index contributed by atoms with van der Waals surface area (Å²) < 4.78 is 0. The zero-order chi connectivity index (χ0) is 13.4. The van der Waals surface area contributed by atoms with E-state index in [1.807, 2.05) is 0 Å². The molecule has 2 nitrogen and oxygen atoms in total. The zero-order valence-electron chi connectivity index (χ0n) is 11.6. The number of hydrogen-bond donors (Lipinski definition) is 1. The Kier molecular flexibility index (Phi) is 2.86. The van der Waals surface area contributed by atoms with Gasteiger partial charge in [0.15, 0.2) is 0 Å². The second kappa shape index (κ2) is 4.54. The minimum atomic E-state index is 0.862. The van der Waals surface area contributed by atoms with E-state index in [1.165, 1.54) is 22.3 Å². The molecule has 2 aromatic carbocycles. The Morgan fingerprint density at radius 1 is 0.947 bits per heavy atom. The quantitative estimate of drug-likeness (QED) is 0.729. The summed E-state index contributed by atoms with van der Waals surface area (Å²) in [7, 11) is 0. The Balaban J connectivity index is 1.98. The second-order valence-electron chi connectivity index (χ2n) is 5.31. The fourth-order valence-corrected chi connectivity index (χ4v) is 2.43. The van der Waals surface area contributed by atoms with Crippen molar-refractivity contribution in [1.29, 1.82) is 0 Å². The van der Waals surface area contributed by atoms with Gasteiger partial charge in [-0.1, -0.05) is 29.8 Å². The molecule has 96 valence electrons. The summed E-state index contributed by atoms with van der Waals surface area (Å²) in [5.41, 5.74) is 7.39. The fraction of sp³-hybridized carbons (Fsp3) is 0.235. The molecule has 0 saturated carbocycles. The van der Waals surface area contributed by atoms with Crippen LogP contribution in [0.4, 0.5) is 0 Å². The van der Waals surface area contributed by atoms with E-state index in [4.69, 9.17) is 0 Å². The number of fused-ring (bicyclic) bond motifs is 1. The monoisotopic (exact) mass is 250 g/mol. The minimum absolute atomic E-state index is 0.862. The summed E-state index contributed by atoms with van der Waals surface area (Å²) in [6.45, 7) is 6.39. The van der Waals surface area contributed by atoms with Crippen LogP contribution in [0.1, 0.15) is 28.1 Å². The smallest absolute Gasteiger partial charge is 0.111 e. The van der Waals surface area contributed by atoms with Crippen molar-refractivity contribution >= 4 is 11.0 Å². The minimum Gasteiger partial charge on any atom is -0.342 e. The van der Waals surface area contributed by atoms with Crippen LogP contribution in [0.5, 0.6) is 0 Å². The summed E-state index contributed by atoms with van der Waals surface area (Å²) in [4.78, 5) is 8.08. The first-order valence-electron chi connectivity index (χ1n) is 6.63. The van der Waals surface area contributed by atoms with Crippen molar-refractivity contribution < 1.29 is 0 Å². The van der Waals surface area contributed by atoms with E-state index in [2.05, 4.69) is 67.1 Å². The van der Waals surface area contributed by atoms with Crippen LogP contribution >= 0.6 is 0 Å².